The number of benzene rings is 1. The van der Waals surface area contributed by atoms with Crippen LogP contribution in [0.4, 0.5) is 5.69 Å². The van der Waals surface area contributed by atoms with Crippen molar-refractivity contribution in [1.29, 1.82) is 0 Å². The van der Waals surface area contributed by atoms with E-state index in [1.807, 2.05) is 24.3 Å². The number of tetrazole rings is 1. The number of carbonyl (C=O) groups is 1. The molecule has 0 saturated carbocycles. The molecular weight excluding hydrogens is 334 g/mol. The molecule has 1 aliphatic rings. The Kier molecular flexibility index (Phi) is 4.04. The number of aryl methyl sites for hydroxylation is 2. The van der Waals surface area contributed by atoms with E-state index in [9.17, 15) is 9.59 Å². The average Bonchev–Trinajstić information content (AvgIpc) is 3.17. The van der Waals surface area contributed by atoms with Gasteiger partial charge in [0.1, 0.15) is 6.33 Å². The van der Waals surface area contributed by atoms with E-state index in [2.05, 4.69) is 25.9 Å². The first-order valence-corrected chi connectivity index (χ1v) is 8.30. The van der Waals surface area contributed by atoms with Gasteiger partial charge in [0.15, 0.2) is 0 Å². The van der Waals surface area contributed by atoms with Crippen LogP contribution in [0.3, 0.4) is 0 Å². The lowest BCUT2D eigenvalue weighted by Crippen LogP contribution is -2.31. The van der Waals surface area contributed by atoms with Crippen molar-refractivity contribution < 1.29 is 4.79 Å². The molecular formula is C17H17N7O2. The fourth-order valence-corrected chi connectivity index (χ4v) is 3.13. The lowest BCUT2D eigenvalue weighted by molar-refractivity contribution is -0.120. The molecule has 132 valence electrons. The molecule has 9 nitrogen and oxygen atoms in total. The van der Waals surface area contributed by atoms with Crippen molar-refractivity contribution in [3.63, 3.8) is 0 Å². The fourth-order valence-electron chi connectivity index (χ4n) is 3.13. The second kappa shape index (κ2) is 6.51. The van der Waals surface area contributed by atoms with E-state index in [1.54, 1.807) is 13.1 Å². The summed E-state index contributed by atoms with van der Waals surface area (Å²) in [5, 5.41) is 18.2. The zero-order valence-corrected chi connectivity index (χ0v) is 14.2. The number of carbonyl (C=O) groups excluding carboxylic acids is 1. The van der Waals surface area contributed by atoms with Gasteiger partial charge in [0, 0.05) is 24.7 Å². The molecule has 9 heteroatoms. The van der Waals surface area contributed by atoms with Gasteiger partial charge in [-0.3, -0.25) is 9.59 Å². The van der Waals surface area contributed by atoms with Crippen molar-refractivity contribution in [2.24, 2.45) is 13.0 Å². The molecule has 4 rings (SSSR count). The minimum absolute atomic E-state index is 0.0495. The first-order valence-electron chi connectivity index (χ1n) is 8.30. The van der Waals surface area contributed by atoms with E-state index in [0.717, 1.165) is 16.9 Å². The summed E-state index contributed by atoms with van der Waals surface area (Å²) in [6.45, 7) is 0. The lowest BCUT2D eigenvalue weighted by atomic mass is 9.86. The highest BCUT2D eigenvalue weighted by atomic mass is 16.2. The SMILES string of the molecule is Cn1nc2c(cc1=O)CC(C(=O)Nc1ccc(-n3cnnn3)cc1)CC2. The smallest absolute Gasteiger partial charge is 0.266 e. The third-order valence-electron chi connectivity index (χ3n) is 4.57. The zero-order valence-electron chi connectivity index (χ0n) is 14.2. The van der Waals surface area contributed by atoms with E-state index in [-0.39, 0.29) is 17.4 Å². The summed E-state index contributed by atoms with van der Waals surface area (Å²) in [4.78, 5) is 24.4. The molecule has 2 aromatic heterocycles. The average molecular weight is 351 g/mol. The highest BCUT2D eigenvalue weighted by molar-refractivity contribution is 5.93. The number of fused-ring (bicyclic) bond motifs is 1. The minimum Gasteiger partial charge on any atom is -0.326 e. The predicted octanol–water partition coefficient (Wildman–Crippen LogP) is 0.500. The lowest BCUT2D eigenvalue weighted by Gasteiger charge is -2.23. The summed E-state index contributed by atoms with van der Waals surface area (Å²) in [6, 6.07) is 8.86. The molecule has 0 fully saturated rings. The van der Waals surface area contributed by atoms with E-state index >= 15 is 0 Å². The molecule has 0 radical (unpaired) electrons. The van der Waals surface area contributed by atoms with Crippen LogP contribution in [0.2, 0.25) is 0 Å². The monoisotopic (exact) mass is 351 g/mol. The molecule has 3 aromatic rings. The Balaban J connectivity index is 1.45. The number of anilines is 1. The van der Waals surface area contributed by atoms with E-state index in [0.29, 0.717) is 24.9 Å². The summed E-state index contributed by atoms with van der Waals surface area (Å²) >= 11 is 0. The van der Waals surface area contributed by atoms with Crippen LogP contribution in [-0.4, -0.2) is 35.9 Å². The molecule has 1 aromatic carbocycles. The quantitative estimate of drug-likeness (QED) is 0.736. The van der Waals surface area contributed by atoms with Crippen LogP contribution in [0.25, 0.3) is 5.69 Å². The van der Waals surface area contributed by atoms with Crippen LogP contribution < -0.4 is 10.9 Å². The van der Waals surface area contributed by atoms with Crippen LogP contribution in [0.5, 0.6) is 0 Å². The molecule has 1 unspecified atom stereocenters. The number of hydrogen-bond donors (Lipinski definition) is 1. The van der Waals surface area contributed by atoms with Crippen molar-refractivity contribution in [2.75, 3.05) is 5.32 Å². The second-order valence-electron chi connectivity index (χ2n) is 6.31. The molecule has 2 heterocycles. The van der Waals surface area contributed by atoms with Crippen molar-refractivity contribution in [3.8, 4) is 5.69 Å². The van der Waals surface area contributed by atoms with Crippen molar-refractivity contribution in [3.05, 3.63) is 58.3 Å². The van der Waals surface area contributed by atoms with Crippen LogP contribution in [0, 0.1) is 5.92 Å². The van der Waals surface area contributed by atoms with Crippen molar-refractivity contribution in [2.45, 2.75) is 19.3 Å². The Bertz CT molecular complexity index is 993. The molecule has 1 aliphatic carbocycles. The van der Waals surface area contributed by atoms with Crippen molar-refractivity contribution >= 4 is 11.6 Å². The van der Waals surface area contributed by atoms with Gasteiger partial charge in [-0.15, -0.1) is 5.10 Å². The molecule has 0 aliphatic heterocycles. The van der Waals surface area contributed by atoms with E-state index < -0.39 is 0 Å². The maximum atomic E-state index is 12.6. The largest absolute Gasteiger partial charge is 0.326 e. The van der Waals surface area contributed by atoms with Crippen LogP contribution >= 0.6 is 0 Å². The summed E-state index contributed by atoms with van der Waals surface area (Å²) in [5.41, 5.74) is 3.14. The van der Waals surface area contributed by atoms with Crippen LogP contribution in [0.15, 0.2) is 41.5 Å². The molecule has 1 atom stereocenters. The van der Waals surface area contributed by atoms with Gasteiger partial charge in [-0.25, -0.2) is 9.36 Å². The first-order chi connectivity index (χ1) is 12.6. The second-order valence-corrected chi connectivity index (χ2v) is 6.31. The predicted molar refractivity (Wildman–Crippen MR) is 92.8 cm³/mol. The number of rotatable bonds is 3. The van der Waals surface area contributed by atoms with Crippen LogP contribution in [0.1, 0.15) is 17.7 Å². The third-order valence-corrected chi connectivity index (χ3v) is 4.57. The number of amides is 1. The van der Waals surface area contributed by atoms with Gasteiger partial charge in [-0.05, 0) is 59.5 Å². The maximum Gasteiger partial charge on any atom is 0.266 e. The number of hydrogen-bond acceptors (Lipinski definition) is 6. The summed E-state index contributed by atoms with van der Waals surface area (Å²) in [6.07, 6.45) is 3.45. The Morgan fingerprint density at radius 3 is 2.81 bits per heavy atom. The maximum absolute atomic E-state index is 12.6. The van der Waals surface area contributed by atoms with Gasteiger partial charge in [0.25, 0.3) is 5.56 Å². The molecule has 26 heavy (non-hydrogen) atoms. The normalized spacial score (nSPS) is 16.1. The Morgan fingerprint density at radius 2 is 2.08 bits per heavy atom. The molecule has 0 saturated heterocycles. The number of nitrogens with zero attached hydrogens (tertiary/aromatic N) is 6. The van der Waals surface area contributed by atoms with E-state index in [1.165, 1.54) is 15.7 Å². The topological polar surface area (TPSA) is 108 Å². The van der Waals surface area contributed by atoms with Gasteiger partial charge in [0.2, 0.25) is 5.91 Å². The molecule has 0 bridgehead atoms. The Morgan fingerprint density at radius 1 is 1.27 bits per heavy atom. The van der Waals surface area contributed by atoms with Gasteiger partial charge in [0.05, 0.1) is 11.4 Å². The standard InChI is InChI=1S/C17H17N7O2/c1-23-16(25)9-12-8-11(2-7-15(12)20-23)17(26)19-13-3-5-14(6-4-13)24-10-18-21-22-24/h3-6,9-11H,2,7-8H2,1H3,(H,19,26). The van der Waals surface area contributed by atoms with Gasteiger partial charge in [-0.2, -0.15) is 5.10 Å². The Hall–Kier alpha value is -3.36. The summed E-state index contributed by atoms with van der Waals surface area (Å²) in [7, 11) is 1.64. The molecule has 0 spiro atoms. The molecule has 1 N–H and O–H groups in total. The highest BCUT2D eigenvalue weighted by Crippen LogP contribution is 2.24. The van der Waals surface area contributed by atoms with Gasteiger partial charge < -0.3 is 5.32 Å². The van der Waals surface area contributed by atoms with Gasteiger partial charge >= 0.3 is 0 Å². The minimum atomic E-state index is -0.171. The zero-order chi connectivity index (χ0) is 18.1. The first kappa shape index (κ1) is 16.1. The highest BCUT2D eigenvalue weighted by Gasteiger charge is 2.26. The van der Waals surface area contributed by atoms with Crippen LogP contribution in [-0.2, 0) is 24.7 Å². The number of nitrogens with one attached hydrogen (secondary N) is 1. The third kappa shape index (κ3) is 3.10. The van der Waals surface area contributed by atoms with E-state index in [4.69, 9.17) is 0 Å². The summed E-state index contributed by atoms with van der Waals surface area (Å²) < 4.78 is 2.88. The fraction of sp³-hybridized carbons (Fsp3) is 0.294. The van der Waals surface area contributed by atoms with Gasteiger partial charge in [-0.1, -0.05) is 0 Å². The molecule has 1 amide bonds. The van der Waals surface area contributed by atoms with Crippen molar-refractivity contribution in [1.82, 2.24) is 30.0 Å². The Labute approximate surface area is 148 Å². The number of aromatic nitrogens is 6. The summed E-state index contributed by atoms with van der Waals surface area (Å²) in [5.74, 6) is -0.220.